The van der Waals surface area contributed by atoms with Gasteiger partial charge in [-0.25, -0.2) is 4.68 Å². The summed E-state index contributed by atoms with van der Waals surface area (Å²) in [7, 11) is 1.65. The van der Waals surface area contributed by atoms with Gasteiger partial charge in [0, 0.05) is 30.2 Å². The van der Waals surface area contributed by atoms with Crippen molar-refractivity contribution in [2.45, 2.75) is 6.54 Å². The maximum atomic E-state index is 5.18. The van der Waals surface area contributed by atoms with Crippen LogP contribution in [0.4, 0.5) is 5.69 Å². The highest BCUT2D eigenvalue weighted by atomic mass is 79.9. The van der Waals surface area contributed by atoms with Gasteiger partial charge in [-0.2, -0.15) is 5.10 Å². The second-order valence-electron chi connectivity index (χ2n) is 3.71. The van der Waals surface area contributed by atoms with Crippen LogP contribution in [0.3, 0.4) is 0 Å². The van der Waals surface area contributed by atoms with E-state index in [0.717, 1.165) is 21.5 Å². The van der Waals surface area contributed by atoms with E-state index in [1.165, 1.54) is 0 Å². The van der Waals surface area contributed by atoms with Crippen molar-refractivity contribution < 1.29 is 4.74 Å². The number of hydrogen-bond acceptors (Lipinski definition) is 3. The molecule has 2 rings (SSSR count). The summed E-state index contributed by atoms with van der Waals surface area (Å²) >= 11 is 3.45. The van der Waals surface area contributed by atoms with Crippen LogP contribution in [0, 0.1) is 0 Å². The molecule has 0 radical (unpaired) electrons. The fraction of sp³-hybridized carbons (Fsp3) is 0.154. The first-order chi connectivity index (χ1) is 8.72. The monoisotopic (exact) mass is 307 g/mol. The molecule has 18 heavy (non-hydrogen) atoms. The highest BCUT2D eigenvalue weighted by Gasteiger charge is 2.02. The number of nitrogens with zero attached hydrogens (tertiary/aromatic N) is 2. The Morgan fingerprint density at radius 1 is 1.56 bits per heavy atom. The third kappa shape index (κ3) is 2.92. The molecule has 0 aliphatic heterocycles. The van der Waals surface area contributed by atoms with E-state index < -0.39 is 0 Å². The molecule has 0 atom stereocenters. The molecule has 94 valence electrons. The lowest BCUT2D eigenvalue weighted by Crippen LogP contribution is -1.98. The van der Waals surface area contributed by atoms with Gasteiger partial charge in [0.2, 0.25) is 0 Å². The summed E-state index contributed by atoms with van der Waals surface area (Å²) in [6.07, 6.45) is 5.40. The lowest BCUT2D eigenvalue weighted by molar-refractivity contribution is 0.412. The van der Waals surface area contributed by atoms with Gasteiger partial charge in [0.25, 0.3) is 0 Å². The standard InChI is InChI=1S/C13H14BrN3O/c1-3-17-9-10(8-16-17)7-15-11-4-5-13(18-2)12(14)6-11/h3-6,8-9,15H,1,7H2,2H3. The smallest absolute Gasteiger partial charge is 0.133 e. The van der Waals surface area contributed by atoms with Crippen LogP contribution in [0.15, 0.2) is 41.6 Å². The van der Waals surface area contributed by atoms with E-state index in [9.17, 15) is 0 Å². The number of halogens is 1. The number of anilines is 1. The van der Waals surface area contributed by atoms with Crippen LogP contribution in [-0.4, -0.2) is 16.9 Å². The molecular weight excluding hydrogens is 294 g/mol. The Balaban J connectivity index is 2.01. The van der Waals surface area contributed by atoms with Gasteiger partial charge >= 0.3 is 0 Å². The first kappa shape index (κ1) is 12.7. The van der Waals surface area contributed by atoms with Gasteiger partial charge in [0.05, 0.1) is 17.8 Å². The van der Waals surface area contributed by atoms with Crippen molar-refractivity contribution in [3.05, 3.63) is 47.2 Å². The van der Waals surface area contributed by atoms with Crippen molar-refractivity contribution >= 4 is 27.8 Å². The minimum absolute atomic E-state index is 0.715. The Labute approximate surface area is 114 Å². The molecule has 0 aliphatic carbocycles. The summed E-state index contributed by atoms with van der Waals surface area (Å²) < 4.78 is 7.79. The number of rotatable bonds is 5. The third-order valence-corrected chi connectivity index (χ3v) is 3.11. The average Bonchev–Trinajstić information content (AvgIpc) is 2.84. The summed E-state index contributed by atoms with van der Waals surface area (Å²) in [5.74, 6) is 0.819. The Hall–Kier alpha value is -1.75. The largest absolute Gasteiger partial charge is 0.496 e. The van der Waals surface area contributed by atoms with Gasteiger partial charge < -0.3 is 10.1 Å². The normalized spacial score (nSPS) is 10.1. The average molecular weight is 308 g/mol. The SMILES string of the molecule is C=Cn1cc(CNc2ccc(OC)c(Br)c2)cn1. The Morgan fingerprint density at radius 3 is 3.00 bits per heavy atom. The Bertz CT molecular complexity index is 551. The van der Waals surface area contributed by atoms with Crippen LogP contribution in [-0.2, 0) is 6.54 Å². The summed E-state index contributed by atoms with van der Waals surface area (Å²) in [6.45, 7) is 4.37. The van der Waals surface area contributed by atoms with Gasteiger partial charge in [-0.15, -0.1) is 0 Å². The van der Waals surface area contributed by atoms with E-state index in [-0.39, 0.29) is 0 Å². The first-order valence-electron chi connectivity index (χ1n) is 5.46. The van der Waals surface area contributed by atoms with E-state index in [1.807, 2.05) is 30.6 Å². The Morgan fingerprint density at radius 2 is 2.39 bits per heavy atom. The molecule has 0 amide bonds. The van der Waals surface area contributed by atoms with Crippen LogP contribution >= 0.6 is 15.9 Å². The molecule has 1 aromatic carbocycles. The summed E-state index contributed by atoms with van der Waals surface area (Å²) in [5, 5.41) is 7.44. The number of hydrogen-bond donors (Lipinski definition) is 1. The van der Waals surface area contributed by atoms with Crippen molar-refractivity contribution in [1.82, 2.24) is 9.78 Å². The molecule has 0 spiro atoms. The second-order valence-corrected chi connectivity index (χ2v) is 4.57. The number of ether oxygens (including phenoxy) is 1. The van der Waals surface area contributed by atoms with Crippen LogP contribution in [0.5, 0.6) is 5.75 Å². The fourth-order valence-corrected chi connectivity index (χ4v) is 2.09. The predicted octanol–water partition coefficient (Wildman–Crippen LogP) is 3.37. The molecule has 0 bridgehead atoms. The highest BCUT2D eigenvalue weighted by molar-refractivity contribution is 9.10. The third-order valence-electron chi connectivity index (χ3n) is 2.49. The molecular formula is C13H14BrN3O. The topological polar surface area (TPSA) is 39.1 Å². The molecule has 5 heteroatoms. The maximum absolute atomic E-state index is 5.18. The zero-order valence-electron chi connectivity index (χ0n) is 10.1. The van der Waals surface area contributed by atoms with Crippen molar-refractivity contribution in [1.29, 1.82) is 0 Å². The molecule has 1 heterocycles. The van der Waals surface area contributed by atoms with Crippen LogP contribution in [0.1, 0.15) is 5.56 Å². The number of methoxy groups -OCH3 is 1. The van der Waals surface area contributed by atoms with Crippen molar-refractivity contribution in [3.8, 4) is 5.75 Å². The number of nitrogens with one attached hydrogen (secondary N) is 1. The van der Waals surface area contributed by atoms with Crippen molar-refractivity contribution in [2.75, 3.05) is 12.4 Å². The van der Waals surface area contributed by atoms with Crippen molar-refractivity contribution in [2.24, 2.45) is 0 Å². The van der Waals surface area contributed by atoms with E-state index in [2.05, 4.69) is 32.9 Å². The fourth-order valence-electron chi connectivity index (χ4n) is 1.55. The predicted molar refractivity (Wildman–Crippen MR) is 76.6 cm³/mol. The molecule has 0 fully saturated rings. The summed E-state index contributed by atoms with van der Waals surface area (Å²) in [6, 6.07) is 5.87. The highest BCUT2D eigenvalue weighted by Crippen LogP contribution is 2.27. The van der Waals surface area contributed by atoms with Crippen LogP contribution < -0.4 is 10.1 Å². The van der Waals surface area contributed by atoms with E-state index >= 15 is 0 Å². The second kappa shape index (κ2) is 5.73. The quantitative estimate of drug-likeness (QED) is 0.920. The van der Waals surface area contributed by atoms with E-state index in [0.29, 0.717) is 6.54 Å². The number of aromatic nitrogens is 2. The van der Waals surface area contributed by atoms with Crippen molar-refractivity contribution in [3.63, 3.8) is 0 Å². The van der Waals surface area contributed by atoms with Crippen LogP contribution in [0.2, 0.25) is 0 Å². The lowest BCUT2D eigenvalue weighted by Gasteiger charge is -2.08. The van der Waals surface area contributed by atoms with Gasteiger partial charge in [-0.3, -0.25) is 0 Å². The van der Waals surface area contributed by atoms with Crippen LogP contribution in [0.25, 0.3) is 6.20 Å². The number of benzene rings is 1. The molecule has 0 aliphatic rings. The molecule has 2 aromatic rings. The molecule has 4 nitrogen and oxygen atoms in total. The van der Waals surface area contributed by atoms with Gasteiger partial charge in [-0.1, -0.05) is 6.58 Å². The maximum Gasteiger partial charge on any atom is 0.133 e. The molecule has 0 unspecified atom stereocenters. The minimum atomic E-state index is 0.715. The summed E-state index contributed by atoms with van der Waals surface area (Å²) in [5.41, 5.74) is 2.12. The minimum Gasteiger partial charge on any atom is -0.496 e. The van der Waals surface area contributed by atoms with Gasteiger partial charge in [0.1, 0.15) is 5.75 Å². The molecule has 0 saturated carbocycles. The van der Waals surface area contributed by atoms with Gasteiger partial charge in [-0.05, 0) is 34.1 Å². The molecule has 1 N–H and O–H groups in total. The van der Waals surface area contributed by atoms with E-state index in [1.54, 1.807) is 18.0 Å². The zero-order valence-corrected chi connectivity index (χ0v) is 11.6. The van der Waals surface area contributed by atoms with E-state index in [4.69, 9.17) is 4.74 Å². The van der Waals surface area contributed by atoms with Gasteiger partial charge in [0.15, 0.2) is 0 Å². The first-order valence-corrected chi connectivity index (χ1v) is 6.25. The summed E-state index contributed by atoms with van der Waals surface area (Å²) in [4.78, 5) is 0. The zero-order chi connectivity index (χ0) is 13.0. The molecule has 1 aromatic heterocycles. The Kier molecular flexibility index (Phi) is 4.04. The lowest BCUT2D eigenvalue weighted by atomic mass is 10.3. The molecule has 0 saturated heterocycles.